The zero-order valence-electron chi connectivity index (χ0n) is 16.0. The second-order valence-electron chi connectivity index (χ2n) is 7.68. The zero-order valence-corrected chi connectivity index (χ0v) is 16.0. The lowest BCUT2D eigenvalue weighted by atomic mass is 9.76. The Labute approximate surface area is 158 Å². The van der Waals surface area contributed by atoms with Crippen molar-refractivity contribution in [3.63, 3.8) is 0 Å². The third-order valence-electron chi connectivity index (χ3n) is 5.97. The normalized spacial score (nSPS) is 21.4. The Kier molecular flexibility index (Phi) is 5.13. The monoisotopic (exact) mass is 374 g/mol. The standard InChI is InChI=1S/C20H26N2O5/c1-13-10-15(4-5-17(13)27-3)18(24)22-12-20(11-16(22)19(25)26)6-8-21(9-7-20)14(2)23/h4-5,10,16H,6-9,11-12H2,1-3H3,(H,25,26)/t16-/m1/s1. The molecule has 0 aromatic heterocycles. The minimum Gasteiger partial charge on any atom is -0.496 e. The quantitative estimate of drug-likeness (QED) is 0.874. The van der Waals surface area contributed by atoms with E-state index in [-0.39, 0.29) is 17.2 Å². The predicted octanol–water partition coefficient (Wildman–Crippen LogP) is 1.93. The third-order valence-corrected chi connectivity index (χ3v) is 5.97. The van der Waals surface area contributed by atoms with Gasteiger partial charge in [0.2, 0.25) is 5.91 Å². The Morgan fingerprint density at radius 3 is 2.41 bits per heavy atom. The van der Waals surface area contributed by atoms with E-state index in [0.717, 1.165) is 18.4 Å². The average Bonchev–Trinajstić information content (AvgIpc) is 3.01. The molecule has 2 aliphatic heterocycles. The minimum absolute atomic E-state index is 0.0410. The van der Waals surface area contributed by atoms with E-state index in [1.54, 1.807) is 37.1 Å². The fourth-order valence-electron chi connectivity index (χ4n) is 4.33. The molecule has 2 aliphatic rings. The first-order chi connectivity index (χ1) is 12.8. The van der Waals surface area contributed by atoms with Crippen molar-refractivity contribution in [3.8, 4) is 5.75 Å². The van der Waals surface area contributed by atoms with Gasteiger partial charge >= 0.3 is 5.97 Å². The number of piperidine rings is 1. The molecule has 7 heteroatoms. The van der Waals surface area contributed by atoms with Crippen LogP contribution in [0.4, 0.5) is 0 Å². The molecular formula is C20H26N2O5. The Hall–Kier alpha value is -2.57. The molecular weight excluding hydrogens is 348 g/mol. The number of ether oxygens (including phenoxy) is 1. The summed E-state index contributed by atoms with van der Waals surface area (Å²) in [6.07, 6.45) is 1.89. The van der Waals surface area contributed by atoms with E-state index < -0.39 is 12.0 Å². The van der Waals surface area contributed by atoms with Gasteiger partial charge < -0.3 is 19.6 Å². The van der Waals surface area contributed by atoms with Crippen molar-refractivity contribution in [2.45, 2.75) is 39.2 Å². The predicted molar refractivity (Wildman–Crippen MR) is 98.7 cm³/mol. The number of carbonyl (C=O) groups is 3. The highest BCUT2D eigenvalue weighted by molar-refractivity contribution is 5.97. The van der Waals surface area contributed by atoms with Gasteiger partial charge in [0.25, 0.3) is 5.91 Å². The number of hydrogen-bond donors (Lipinski definition) is 1. The van der Waals surface area contributed by atoms with Crippen molar-refractivity contribution in [1.29, 1.82) is 0 Å². The summed E-state index contributed by atoms with van der Waals surface area (Å²) in [5.41, 5.74) is 1.07. The molecule has 0 bridgehead atoms. The lowest BCUT2D eigenvalue weighted by Crippen LogP contribution is -2.44. The third kappa shape index (κ3) is 3.63. The van der Waals surface area contributed by atoms with Crippen LogP contribution in [0.1, 0.15) is 42.1 Å². The molecule has 0 saturated carbocycles. The fraction of sp³-hybridized carbons (Fsp3) is 0.550. The SMILES string of the molecule is COc1ccc(C(=O)N2CC3(CCN(C(C)=O)CC3)C[C@@H]2C(=O)O)cc1C. The Morgan fingerprint density at radius 1 is 1.22 bits per heavy atom. The first-order valence-corrected chi connectivity index (χ1v) is 9.20. The van der Waals surface area contributed by atoms with Crippen LogP contribution in [-0.2, 0) is 9.59 Å². The van der Waals surface area contributed by atoms with Gasteiger partial charge in [-0.2, -0.15) is 0 Å². The van der Waals surface area contributed by atoms with Crippen LogP contribution in [0, 0.1) is 12.3 Å². The van der Waals surface area contributed by atoms with Crippen molar-refractivity contribution < 1.29 is 24.2 Å². The van der Waals surface area contributed by atoms with Crippen LogP contribution in [0.25, 0.3) is 0 Å². The summed E-state index contributed by atoms with van der Waals surface area (Å²) in [5, 5.41) is 9.69. The van der Waals surface area contributed by atoms with Crippen molar-refractivity contribution in [3.05, 3.63) is 29.3 Å². The van der Waals surface area contributed by atoms with Crippen molar-refractivity contribution >= 4 is 17.8 Å². The summed E-state index contributed by atoms with van der Waals surface area (Å²) in [4.78, 5) is 39.8. The van der Waals surface area contributed by atoms with Crippen molar-refractivity contribution in [2.24, 2.45) is 5.41 Å². The summed E-state index contributed by atoms with van der Waals surface area (Å²) < 4.78 is 5.23. The lowest BCUT2D eigenvalue weighted by Gasteiger charge is -2.38. The number of methoxy groups -OCH3 is 1. The number of likely N-dealkylation sites (tertiary alicyclic amines) is 2. The molecule has 1 N–H and O–H groups in total. The molecule has 0 radical (unpaired) electrons. The van der Waals surface area contributed by atoms with Gasteiger partial charge in [-0.3, -0.25) is 9.59 Å². The Morgan fingerprint density at radius 2 is 1.89 bits per heavy atom. The molecule has 1 aromatic carbocycles. The Bertz CT molecular complexity index is 768. The smallest absolute Gasteiger partial charge is 0.326 e. The number of benzene rings is 1. The van der Waals surface area contributed by atoms with Crippen LogP contribution in [0.15, 0.2) is 18.2 Å². The largest absolute Gasteiger partial charge is 0.496 e. The molecule has 3 rings (SSSR count). The number of carboxylic acids is 1. The average molecular weight is 374 g/mol. The number of carboxylic acid groups (broad SMARTS) is 1. The van der Waals surface area contributed by atoms with Crippen molar-refractivity contribution in [2.75, 3.05) is 26.7 Å². The zero-order chi connectivity index (χ0) is 19.8. The number of aryl methyl sites for hydroxylation is 1. The maximum absolute atomic E-state index is 13.1. The van der Waals surface area contributed by atoms with E-state index in [0.29, 0.717) is 37.4 Å². The summed E-state index contributed by atoms with van der Waals surface area (Å²) in [5.74, 6) is -0.506. The molecule has 27 heavy (non-hydrogen) atoms. The summed E-state index contributed by atoms with van der Waals surface area (Å²) in [6.45, 7) is 5.05. The number of nitrogens with zero attached hydrogens (tertiary/aromatic N) is 2. The number of carbonyl (C=O) groups excluding carboxylic acids is 2. The Balaban J connectivity index is 1.81. The van der Waals surface area contributed by atoms with E-state index in [9.17, 15) is 19.5 Å². The second kappa shape index (κ2) is 7.21. The van der Waals surface area contributed by atoms with Crippen LogP contribution in [0.2, 0.25) is 0 Å². The molecule has 2 saturated heterocycles. The van der Waals surface area contributed by atoms with Gasteiger partial charge in [0.15, 0.2) is 0 Å². The number of hydrogen-bond acceptors (Lipinski definition) is 4. The van der Waals surface area contributed by atoms with Gasteiger partial charge in [-0.25, -0.2) is 4.79 Å². The highest BCUT2D eigenvalue weighted by Gasteiger charge is 2.50. The second-order valence-corrected chi connectivity index (χ2v) is 7.68. The van der Waals surface area contributed by atoms with Crippen LogP contribution >= 0.6 is 0 Å². The molecule has 0 aliphatic carbocycles. The first kappa shape index (κ1) is 19.2. The molecule has 2 heterocycles. The van der Waals surface area contributed by atoms with Crippen molar-refractivity contribution in [1.82, 2.24) is 9.80 Å². The highest BCUT2D eigenvalue weighted by Crippen LogP contribution is 2.44. The van der Waals surface area contributed by atoms with Crippen LogP contribution in [0.3, 0.4) is 0 Å². The van der Waals surface area contributed by atoms with E-state index in [2.05, 4.69) is 0 Å². The van der Waals surface area contributed by atoms with E-state index >= 15 is 0 Å². The summed E-state index contributed by atoms with van der Waals surface area (Å²) in [7, 11) is 1.57. The molecule has 0 unspecified atom stereocenters. The van der Waals surface area contributed by atoms with Gasteiger partial charge in [-0.15, -0.1) is 0 Å². The maximum Gasteiger partial charge on any atom is 0.326 e. The number of amides is 2. The molecule has 1 aromatic rings. The minimum atomic E-state index is -0.973. The van der Waals surface area contributed by atoms with Gasteiger partial charge in [-0.05, 0) is 55.4 Å². The summed E-state index contributed by atoms with van der Waals surface area (Å²) in [6, 6.07) is 4.32. The molecule has 1 atom stereocenters. The fourth-order valence-corrected chi connectivity index (χ4v) is 4.33. The first-order valence-electron chi connectivity index (χ1n) is 9.20. The topological polar surface area (TPSA) is 87.2 Å². The van der Waals surface area contributed by atoms with E-state index in [1.165, 1.54) is 4.90 Å². The molecule has 2 amide bonds. The van der Waals surface area contributed by atoms with Crippen LogP contribution in [-0.4, -0.2) is 65.5 Å². The van der Waals surface area contributed by atoms with Gasteiger partial charge in [0, 0.05) is 32.1 Å². The van der Waals surface area contributed by atoms with Crippen LogP contribution in [0.5, 0.6) is 5.75 Å². The molecule has 146 valence electrons. The van der Waals surface area contributed by atoms with E-state index in [1.807, 2.05) is 6.92 Å². The van der Waals surface area contributed by atoms with Gasteiger partial charge in [-0.1, -0.05) is 0 Å². The highest BCUT2D eigenvalue weighted by atomic mass is 16.5. The van der Waals surface area contributed by atoms with Gasteiger partial charge in [0.05, 0.1) is 7.11 Å². The molecule has 7 nitrogen and oxygen atoms in total. The van der Waals surface area contributed by atoms with Gasteiger partial charge in [0.1, 0.15) is 11.8 Å². The van der Waals surface area contributed by atoms with E-state index in [4.69, 9.17) is 4.74 Å². The summed E-state index contributed by atoms with van der Waals surface area (Å²) >= 11 is 0. The lowest BCUT2D eigenvalue weighted by molar-refractivity contribution is -0.141. The molecule has 2 fully saturated rings. The molecule has 1 spiro atoms. The maximum atomic E-state index is 13.1. The van der Waals surface area contributed by atoms with Crippen LogP contribution < -0.4 is 4.74 Å². The number of aliphatic carboxylic acids is 1. The number of rotatable bonds is 3.